The second-order valence-corrected chi connectivity index (χ2v) is 15.4. The maximum absolute atomic E-state index is 13.6. The molecule has 0 bridgehead atoms. The highest BCUT2D eigenvalue weighted by molar-refractivity contribution is 5.92. The van der Waals surface area contributed by atoms with E-state index < -0.39 is 84.9 Å². The van der Waals surface area contributed by atoms with Crippen LogP contribution < -0.4 is 26.6 Å². The normalized spacial score (nSPS) is 15.8. The summed E-state index contributed by atoms with van der Waals surface area (Å²) >= 11 is 0. The van der Waals surface area contributed by atoms with E-state index in [1.54, 1.807) is 13.8 Å². The maximum atomic E-state index is 13.6. The Labute approximate surface area is 305 Å². The lowest BCUT2D eigenvalue weighted by molar-refractivity contribution is -0.140. The summed E-state index contributed by atoms with van der Waals surface area (Å²) in [6, 6.07) is -4.60. The van der Waals surface area contributed by atoms with E-state index in [2.05, 4.69) is 33.5 Å². The van der Waals surface area contributed by atoms with E-state index in [-0.39, 0.29) is 29.6 Å². The number of aliphatic hydroxyl groups excluding tert-OH is 2. The summed E-state index contributed by atoms with van der Waals surface area (Å²) < 4.78 is 0. The number of rotatable bonds is 26. The number of carboxylic acids is 1. The molecule has 0 aliphatic carbocycles. The quantitative estimate of drug-likeness (QED) is 0.0613. The molecule has 0 fully saturated rings. The molecule has 0 radical (unpaired) electrons. The molecular weight excluding hydrogens is 658 g/mol. The largest absolute Gasteiger partial charge is 0.481 e. The summed E-state index contributed by atoms with van der Waals surface area (Å²) in [5.74, 6) is -4.27. The molecular formula is C37H69N5O9. The summed E-state index contributed by atoms with van der Waals surface area (Å²) in [5, 5.41) is 44.1. The van der Waals surface area contributed by atoms with Gasteiger partial charge in [-0.3, -0.25) is 28.8 Å². The van der Waals surface area contributed by atoms with Gasteiger partial charge in [0.05, 0.1) is 37.1 Å². The highest BCUT2D eigenvalue weighted by atomic mass is 16.4. The van der Waals surface area contributed by atoms with E-state index in [1.807, 2.05) is 41.5 Å². The van der Waals surface area contributed by atoms with Gasteiger partial charge < -0.3 is 41.9 Å². The molecule has 0 saturated carbocycles. The first-order valence-electron chi connectivity index (χ1n) is 18.8. The number of aliphatic carboxylic acids is 1. The number of carbonyl (C=O) groups is 6. The fourth-order valence-corrected chi connectivity index (χ4v) is 5.69. The smallest absolute Gasteiger partial charge is 0.306 e. The van der Waals surface area contributed by atoms with Crippen molar-refractivity contribution in [1.82, 2.24) is 26.6 Å². The minimum Gasteiger partial charge on any atom is -0.481 e. The van der Waals surface area contributed by atoms with Crippen LogP contribution >= 0.6 is 0 Å². The summed E-state index contributed by atoms with van der Waals surface area (Å²) in [4.78, 5) is 76.5. The number of nitrogens with one attached hydrogen (secondary N) is 5. The van der Waals surface area contributed by atoms with Crippen molar-refractivity contribution in [3.63, 3.8) is 0 Å². The third-order valence-corrected chi connectivity index (χ3v) is 8.60. The molecule has 0 aliphatic rings. The van der Waals surface area contributed by atoms with E-state index in [1.165, 1.54) is 6.92 Å². The Bertz CT molecular complexity index is 1100. The summed E-state index contributed by atoms with van der Waals surface area (Å²) in [6.45, 7) is 18.2. The third kappa shape index (κ3) is 20.4. The van der Waals surface area contributed by atoms with Crippen LogP contribution in [-0.4, -0.2) is 93.2 Å². The molecule has 0 aromatic carbocycles. The van der Waals surface area contributed by atoms with Crippen molar-refractivity contribution in [3.05, 3.63) is 0 Å². The number of hydrogen-bond donors (Lipinski definition) is 8. The molecule has 5 amide bonds. The number of carbonyl (C=O) groups excluding carboxylic acids is 5. The Hall–Kier alpha value is -3.26. The number of amides is 5. The lowest BCUT2D eigenvalue weighted by Gasteiger charge is -2.31. The molecule has 7 atom stereocenters. The number of unbranched alkanes of at least 4 members (excludes halogenated alkanes) is 4. The Morgan fingerprint density at radius 2 is 0.980 bits per heavy atom. The molecule has 8 N–H and O–H groups in total. The number of hydrogen-bond acceptors (Lipinski definition) is 8. The van der Waals surface area contributed by atoms with Gasteiger partial charge in [-0.15, -0.1) is 0 Å². The van der Waals surface area contributed by atoms with Crippen LogP contribution in [0, 0.1) is 23.7 Å². The molecule has 0 aliphatic heterocycles. The van der Waals surface area contributed by atoms with Gasteiger partial charge in [-0.1, -0.05) is 88.0 Å². The minimum absolute atomic E-state index is 0.0161. The standard InChI is InChI=1S/C37H69N5O9/c1-11-12-13-14-15-16-30(45)41-33(23(6)7)37(51)42-34(24(8)9)36(50)40-26(17-21(2)3)28(43)19-31(46)38-25(10)35(49)39-27(18-22(4)5)29(44)20-32(47)48/h21-29,33-34,43-44H,11-20H2,1-10H3,(H,38,46)(H,39,49)(H,40,50)(H,41,45)(H,42,51)(H,47,48). The molecule has 0 spiro atoms. The summed E-state index contributed by atoms with van der Waals surface area (Å²) in [6.07, 6.45) is 2.24. The second-order valence-electron chi connectivity index (χ2n) is 15.4. The van der Waals surface area contributed by atoms with Gasteiger partial charge in [0, 0.05) is 6.42 Å². The molecule has 14 heteroatoms. The highest BCUT2D eigenvalue weighted by Gasteiger charge is 2.34. The van der Waals surface area contributed by atoms with Crippen molar-refractivity contribution in [1.29, 1.82) is 0 Å². The summed E-state index contributed by atoms with van der Waals surface area (Å²) in [7, 11) is 0. The molecule has 0 aromatic heterocycles. The SMILES string of the molecule is CCCCCCCC(=O)NC(C(=O)NC(C(=O)NC(CC(C)C)C(O)CC(=O)NC(C)C(=O)NC(CC(C)C)C(O)CC(=O)O)C(C)C)C(C)C. The van der Waals surface area contributed by atoms with Crippen molar-refractivity contribution in [2.45, 2.75) is 176 Å². The van der Waals surface area contributed by atoms with E-state index in [0.29, 0.717) is 19.3 Å². The second kappa shape index (κ2) is 24.8. The zero-order chi connectivity index (χ0) is 39.4. The van der Waals surface area contributed by atoms with E-state index >= 15 is 0 Å². The highest BCUT2D eigenvalue weighted by Crippen LogP contribution is 2.15. The maximum Gasteiger partial charge on any atom is 0.306 e. The topological polar surface area (TPSA) is 223 Å². The molecule has 14 nitrogen and oxygen atoms in total. The van der Waals surface area contributed by atoms with Crippen LogP contribution in [0.15, 0.2) is 0 Å². The van der Waals surface area contributed by atoms with Gasteiger partial charge in [0.15, 0.2) is 0 Å². The van der Waals surface area contributed by atoms with E-state index in [4.69, 9.17) is 5.11 Å². The van der Waals surface area contributed by atoms with Crippen LogP contribution in [0.5, 0.6) is 0 Å². The minimum atomic E-state index is -1.33. The van der Waals surface area contributed by atoms with Gasteiger partial charge in [-0.25, -0.2) is 0 Å². The van der Waals surface area contributed by atoms with Crippen molar-refractivity contribution < 1.29 is 44.1 Å². The van der Waals surface area contributed by atoms with Crippen LogP contribution in [0.4, 0.5) is 0 Å². The third-order valence-electron chi connectivity index (χ3n) is 8.60. The molecule has 0 heterocycles. The Morgan fingerprint density at radius 1 is 0.529 bits per heavy atom. The van der Waals surface area contributed by atoms with E-state index in [9.17, 15) is 39.0 Å². The average Bonchev–Trinajstić information content (AvgIpc) is 3.00. The Balaban J connectivity index is 5.54. The Kier molecular flexibility index (Phi) is 23.3. The van der Waals surface area contributed by atoms with Crippen LogP contribution in [0.2, 0.25) is 0 Å². The van der Waals surface area contributed by atoms with E-state index in [0.717, 1.165) is 32.1 Å². The van der Waals surface area contributed by atoms with Crippen LogP contribution in [0.25, 0.3) is 0 Å². The predicted octanol–water partition coefficient (Wildman–Crippen LogP) is 2.78. The fraction of sp³-hybridized carbons (Fsp3) is 0.838. The van der Waals surface area contributed by atoms with Crippen molar-refractivity contribution in [2.24, 2.45) is 23.7 Å². The van der Waals surface area contributed by atoms with Gasteiger partial charge in [0.2, 0.25) is 29.5 Å². The predicted molar refractivity (Wildman–Crippen MR) is 196 cm³/mol. The van der Waals surface area contributed by atoms with Gasteiger partial charge in [0.25, 0.3) is 0 Å². The van der Waals surface area contributed by atoms with Crippen LogP contribution in [-0.2, 0) is 28.8 Å². The van der Waals surface area contributed by atoms with Crippen LogP contribution in [0.1, 0.15) is 133 Å². The molecule has 0 rings (SSSR count). The summed E-state index contributed by atoms with van der Waals surface area (Å²) in [5.41, 5.74) is 0. The van der Waals surface area contributed by atoms with Crippen molar-refractivity contribution in [2.75, 3.05) is 0 Å². The zero-order valence-electron chi connectivity index (χ0n) is 32.7. The zero-order valence-corrected chi connectivity index (χ0v) is 32.7. The van der Waals surface area contributed by atoms with Gasteiger partial charge in [-0.2, -0.15) is 0 Å². The first-order valence-corrected chi connectivity index (χ1v) is 18.8. The fourth-order valence-electron chi connectivity index (χ4n) is 5.69. The first-order chi connectivity index (χ1) is 23.7. The van der Waals surface area contributed by atoms with Gasteiger partial charge in [0.1, 0.15) is 18.1 Å². The molecule has 7 unspecified atom stereocenters. The molecule has 0 saturated heterocycles. The Morgan fingerprint density at radius 3 is 1.45 bits per heavy atom. The van der Waals surface area contributed by atoms with Gasteiger partial charge >= 0.3 is 5.97 Å². The lowest BCUT2D eigenvalue weighted by Crippen LogP contribution is -2.59. The van der Waals surface area contributed by atoms with Crippen molar-refractivity contribution in [3.8, 4) is 0 Å². The molecule has 0 aromatic rings. The molecule has 51 heavy (non-hydrogen) atoms. The average molecular weight is 728 g/mol. The molecule has 296 valence electrons. The lowest BCUT2D eigenvalue weighted by atomic mass is 9.95. The number of aliphatic hydroxyl groups is 2. The van der Waals surface area contributed by atoms with Gasteiger partial charge in [-0.05, 0) is 49.9 Å². The number of carboxylic acid groups (broad SMARTS) is 1. The monoisotopic (exact) mass is 728 g/mol. The first kappa shape index (κ1) is 47.7. The van der Waals surface area contributed by atoms with Crippen LogP contribution in [0.3, 0.4) is 0 Å². The van der Waals surface area contributed by atoms with Crippen molar-refractivity contribution >= 4 is 35.5 Å².